The highest BCUT2D eigenvalue weighted by atomic mass is 16.5. The number of aromatic nitrogens is 1. The van der Waals surface area contributed by atoms with Gasteiger partial charge in [0, 0.05) is 30.5 Å². The van der Waals surface area contributed by atoms with Crippen LogP contribution in [0.15, 0.2) is 11.6 Å². The van der Waals surface area contributed by atoms with Crippen LogP contribution in [0.2, 0.25) is 0 Å². The molecule has 3 amide bonds. The van der Waals surface area contributed by atoms with Gasteiger partial charge in [0.2, 0.25) is 0 Å². The Hall–Kier alpha value is -3.08. The molecule has 1 aliphatic carbocycles. The van der Waals surface area contributed by atoms with Gasteiger partial charge in [-0.25, -0.2) is 9.59 Å². The molecule has 0 unspecified atom stereocenters. The summed E-state index contributed by atoms with van der Waals surface area (Å²) in [7, 11) is 0. The number of hydrogen-bond donors (Lipinski definition) is 1. The molecule has 8 heteroatoms. The lowest BCUT2D eigenvalue weighted by Crippen LogP contribution is -2.37. The van der Waals surface area contributed by atoms with Crippen LogP contribution in [-0.2, 0) is 14.3 Å². The number of aryl methyl sites for hydroxylation is 1. The second kappa shape index (κ2) is 8.95. The van der Waals surface area contributed by atoms with E-state index in [0.717, 1.165) is 34.7 Å². The Labute approximate surface area is 170 Å². The van der Waals surface area contributed by atoms with Crippen LogP contribution >= 0.6 is 0 Å². The first kappa shape index (κ1) is 20.6. The van der Waals surface area contributed by atoms with E-state index in [1.807, 2.05) is 26.0 Å². The van der Waals surface area contributed by atoms with E-state index in [1.54, 1.807) is 0 Å². The minimum atomic E-state index is -0.872. The van der Waals surface area contributed by atoms with Crippen molar-refractivity contribution in [3.63, 3.8) is 0 Å². The zero-order valence-corrected chi connectivity index (χ0v) is 16.9. The monoisotopic (exact) mass is 398 g/mol. The zero-order valence-electron chi connectivity index (χ0n) is 16.9. The van der Waals surface area contributed by atoms with Crippen LogP contribution in [0.25, 0.3) is 6.08 Å². The van der Waals surface area contributed by atoms with Crippen LogP contribution in [-0.4, -0.2) is 47.1 Å². The number of nitrogens with zero attached hydrogens (tertiary/aromatic N) is 3. The lowest BCUT2D eigenvalue weighted by atomic mass is 9.95. The number of rotatable bonds is 5. The molecule has 0 aromatic carbocycles. The Bertz CT molecular complexity index is 887. The van der Waals surface area contributed by atoms with Crippen LogP contribution in [0.5, 0.6) is 0 Å². The van der Waals surface area contributed by atoms with Gasteiger partial charge in [-0.1, -0.05) is 19.3 Å². The Kier molecular flexibility index (Phi) is 6.37. The molecule has 1 aromatic heterocycles. The predicted octanol–water partition coefficient (Wildman–Crippen LogP) is 2.61. The van der Waals surface area contributed by atoms with E-state index >= 15 is 0 Å². The van der Waals surface area contributed by atoms with E-state index < -0.39 is 24.5 Å². The molecular weight excluding hydrogens is 372 g/mol. The number of carbonyl (C=O) groups is 3. The summed E-state index contributed by atoms with van der Waals surface area (Å²) in [5.74, 6) is -1.48. The fourth-order valence-corrected chi connectivity index (χ4v) is 4.13. The highest BCUT2D eigenvalue weighted by Crippen LogP contribution is 2.32. The quantitative estimate of drug-likeness (QED) is 0.466. The normalized spacial score (nSPS) is 17.8. The highest BCUT2D eigenvalue weighted by Gasteiger charge is 2.27. The van der Waals surface area contributed by atoms with Gasteiger partial charge in [-0.05, 0) is 44.4 Å². The van der Waals surface area contributed by atoms with Gasteiger partial charge in [-0.15, -0.1) is 0 Å². The zero-order chi connectivity index (χ0) is 21.0. The van der Waals surface area contributed by atoms with Gasteiger partial charge in [0.05, 0.1) is 0 Å². The topological polar surface area (TPSA) is 104 Å². The maximum atomic E-state index is 12.3. The largest absolute Gasteiger partial charge is 0.451 e. The van der Waals surface area contributed by atoms with Crippen LogP contribution in [0.3, 0.4) is 0 Å². The molecule has 1 saturated carbocycles. The Morgan fingerprint density at radius 3 is 2.66 bits per heavy atom. The fourth-order valence-electron chi connectivity index (χ4n) is 4.13. The van der Waals surface area contributed by atoms with Gasteiger partial charge in [-0.3, -0.25) is 9.69 Å². The minimum absolute atomic E-state index is 0.174. The molecule has 29 heavy (non-hydrogen) atoms. The lowest BCUT2D eigenvalue weighted by Gasteiger charge is -2.26. The Morgan fingerprint density at radius 1 is 1.31 bits per heavy atom. The SMILES string of the molecule is Cc1cc(/C=C(\C#N)C(=O)OCC(=O)N2CCNC2=O)c(C)n1C1CCCCC1. The second-order valence-electron chi connectivity index (χ2n) is 7.51. The summed E-state index contributed by atoms with van der Waals surface area (Å²) in [5, 5.41) is 11.9. The summed E-state index contributed by atoms with van der Waals surface area (Å²) in [6.45, 7) is 4.06. The summed E-state index contributed by atoms with van der Waals surface area (Å²) in [5.41, 5.74) is 2.74. The van der Waals surface area contributed by atoms with Gasteiger partial charge in [0.25, 0.3) is 5.91 Å². The van der Waals surface area contributed by atoms with Crippen molar-refractivity contribution in [1.82, 2.24) is 14.8 Å². The molecule has 0 spiro atoms. The number of urea groups is 1. The third-order valence-electron chi connectivity index (χ3n) is 5.59. The van der Waals surface area contributed by atoms with Crippen molar-refractivity contribution in [2.45, 2.75) is 52.0 Å². The third kappa shape index (κ3) is 4.50. The molecule has 2 aliphatic rings. The Morgan fingerprint density at radius 2 is 2.03 bits per heavy atom. The van der Waals surface area contributed by atoms with Crippen LogP contribution in [0, 0.1) is 25.2 Å². The molecule has 1 aliphatic heterocycles. The van der Waals surface area contributed by atoms with E-state index in [9.17, 15) is 19.6 Å². The first-order valence-corrected chi connectivity index (χ1v) is 9.98. The van der Waals surface area contributed by atoms with Crippen LogP contribution < -0.4 is 5.32 Å². The fraction of sp³-hybridized carbons (Fsp3) is 0.524. The Balaban J connectivity index is 1.70. The maximum absolute atomic E-state index is 12.3. The van der Waals surface area contributed by atoms with Crippen LogP contribution in [0.4, 0.5) is 4.79 Å². The van der Waals surface area contributed by atoms with Crippen molar-refractivity contribution < 1.29 is 19.1 Å². The number of nitriles is 1. The molecule has 1 aromatic rings. The molecule has 2 heterocycles. The molecule has 8 nitrogen and oxygen atoms in total. The molecule has 154 valence electrons. The highest BCUT2D eigenvalue weighted by molar-refractivity contribution is 6.01. The molecule has 0 atom stereocenters. The van der Waals surface area contributed by atoms with Crippen molar-refractivity contribution >= 4 is 24.0 Å². The number of imide groups is 1. The van der Waals surface area contributed by atoms with Gasteiger partial charge >= 0.3 is 12.0 Å². The van der Waals surface area contributed by atoms with E-state index in [1.165, 1.54) is 25.3 Å². The van der Waals surface area contributed by atoms with Crippen LogP contribution in [0.1, 0.15) is 55.1 Å². The summed E-state index contributed by atoms with van der Waals surface area (Å²) in [6.07, 6.45) is 7.48. The van der Waals surface area contributed by atoms with Gasteiger partial charge in [0.15, 0.2) is 6.61 Å². The van der Waals surface area contributed by atoms with Crippen molar-refractivity contribution in [1.29, 1.82) is 5.26 Å². The second-order valence-corrected chi connectivity index (χ2v) is 7.51. The van der Waals surface area contributed by atoms with Gasteiger partial charge < -0.3 is 14.6 Å². The molecular formula is C21H26N4O4. The number of carbonyl (C=O) groups excluding carboxylic acids is 3. The van der Waals surface area contributed by atoms with E-state index in [-0.39, 0.29) is 12.1 Å². The molecule has 1 N–H and O–H groups in total. The smallest absolute Gasteiger partial charge is 0.349 e. The first-order valence-electron chi connectivity index (χ1n) is 9.98. The molecule has 2 fully saturated rings. The van der Waals surface area contributed by atoms with Crippen molar-refractivity contribution in [2.24, 2.45) is 0 Å². The van der Waals surface area contributed by atoms with E-state index in [0.29, 0.717) is 12.6 Å². The first-order chi connectivity index (χ1) is 13.9. The number of nitrogens with one attached hydrogen (secondary N) is 1. The van der Waals surface area contributed by atoms with E-state index in [4.69, 9.17) is 4.74 Å². The lowest BCUT2D eigenvalue weighted by molar-refractivity contribution is -0.146. The number of ether oxygens (including phenoxy) is 1. The summed E-state index contributed by atoms with van der Waals surface area (Å²) in [6, 6.07) is 3.78. The maximum Gasteiger partial charge on any atom is 0.349 e. The summed E-state index contributed by atoms with van der Waals surface area (Å²) >= 11 is 0. The summed E-state index contributed by atoms with van der Waals surface area (Å²) in [4.78, 5) is 36.8. The molecule has 0 radical (unpaired) electrons. The standard InChI is InChI=1S/C21H26N4O4/c1-14-10-16(15(2)25(14)18-6-4-3-5-7-18)11-17(12-22)20(27)29-13-19(26)24-9-8-23-21(24)28/h10-11,18H,3-9,13H2,1-2H3,(H,23,28)/b17-11+. The summed E-state index contributed by atoms with van der Waals surface area (Å²) < 4.78 is 7.27. The minimum Gasteiger partial charge on any atom is -0.451 e. The van der Waals surface area contributed by atoms with Gasteiger partial charge in [-0.2, -0.15) is 5.26 Å². The number of amides is 3. The molecule has 3 rings (SSSR count). The number of esters is 1. The van der Waals surface area contributed by atoms with Gasteiger partial charge in [0.1, 0.15) is 11.6 Å². The average molecular weight is 398 g/mol. The van der Waals surface area contributed by atoms with Crippen molar-refractivity contribution in [3.8, 4) is 6.07 Å². The van der Waals surface area contributed by atoms with E-state index in [2.05, 4.69) is 9.88 Å². The van der Waals surface area contributed by atoms with Crippen molar-refractivity contribution in [2.75, 3.05) is 19.7 Å². The molecule has 0 bridgehead atoms. The third-order valence-corrected chi connectivity index (χ3v) is 5.59. The predicted molar refractivity (Wildman–Crippen MR) is 106 cm³/mol. The average Bonchev–Trinajstić information content (AvgIpc) is 3.27. The molecule has 1 saturated heterocycles. The number of hydrogen-bond acceptors (Lipinski definition) is 5. The van der Waals surface area contributed by atoms with Crippen molar-refractivity contribution in [3.05, 3.63) is 28.6 Å².